The van der Waals surface area contributed by atoms with Gasteiger partial charge in [-0.2, -0.15) is 5.10 Å². The molecule has 0 spiro atoms. The van der Waals surface area contributed by atoms with Crippen LogP contribution in [0.3, 0.4) is 0 Å². The molecule has 4 nitrogen and oxygen atoms in total. The Kier molecular flexibility index (Phi) is 5.39. The molecular weight excluding hydrogens is 384 g/mol. The van der Waals surface area contributed by atoms with Crippen LogP contribution in [0.15, 0.2) is 78.9 Å². The molecule has 0 radical (unpaired) electrons. The second-order valence-electron chi connectivity index (χ2n) is 6.98. The van der Waals surface area contributed by atoms with Crippen LogP contribution in [0.25, 0.3) is 16.9 Å². The predicted molar refractivity (Wildman–Crippen MR) is 111 cm³/mol. The number of nitrogens with one attached hydrogen (secondary N) is 1. The number of rotatable bonds is 5. The third kappa shape index (κ3) is 4.27. The van der Waals surface area contributed by atoms with E-state index in [4.69, 9.17) is 0 Å². The number of halogens is 2. The number of carbonyl (C=O) groups excluding carboxylic acids is 1. The van der Waals surface area contributed by atoms with Crippen molar-refractivity contribution in [3.63, 3.8) is 0 Å². The molecule has 0 aliphatic carbocycles. The Hall–Kier alpha value is -3.80. The van der Waals surface area contributed by atoms with Crippen molar-refractivity contribution in [2.75, 3.05) is 0 Å². The van der Waals surface area contributed by atoms with Gasteiger partial charge in [-0.25, -0.2) is 13.5 Å². The summed E-state index contributed by atoms with van der Waals surface area (Å²) in [6, 6.07) is 21.2. The van der Waals surface area contributed by atoms with E-state index >= 15 is 0 Å². The second-order valence-corrected chi connectivity index (χ2v) is 6.98. The van der Waals surface area contributed by atoms with Crippen LogP contribution in [0.2, 0.25) is 0 Å². The summed E-state index contributed by atoms with van der Waals surface area (Å²) >= 11 is 0. The monoisotopic (exact) mass is 403 g/mol. The number of hydrogen-bond donors (Lipinski definition) is 1. The lowest BCUT2D eigenvalue weighted by atomic mass is 10.1. The maximum absolute atomic E-state index is 13.3. The summed E-state index contributed by atoms with van der Waals surface area (Å²) in [7, 11) is 0. The van der Waals surface area contributed by atoms with E-state index in [2.05, 4.69) is 10.4 Å². The molecule has 0 fully saturated rings. The van der Waals surface area contributed by atoms with Gasteiger partial charge in [0.2, 0.25) is 0 Å². The normalized spacial score (nSPS) is 10.8. The van der Waals surface area contributed by atoms with E-state index in [1.54, 1.807) is 35.0 Å². The Morgan fingerprint density at radius 2 is 1.50 bits per heavy atom. The first-order chi connectivity index (χ1) is 14.5. The minimum atomic E-state index is -0.339. The SMILES string of the molecule is Cc1ccc(-n2nc(-c3ccc(F)cc3)cc2C(=O)NCc2ccc(F)cc2)cc1. The second kappa shape index (κ2) is 8.29. The van der Waals surface area contributed by atoms with Crippen molar-refractivity contribution in [1.82, 2.24) is 15.1 Å². The van der Waals surface area contributed by atoms with Crippen LogP contribution in [-0.4, -0.2) is 15.7 Å². The van der Waals surface area contributed by atoms with E-state index in [-0.39, 0.29) is 24.1 Å². The highest BCUT2D eigenvalue weighted by atomic mass is 19.1. The molecule has 0 aliphatic rings. The molecule has 0 aliphatic heterocycles. The molecule has 0 bridgehead atoms. The summed E-state index contributed by atoms with van der Waals surface area (Å²) in [6.07, 6.45) is 0. The molecule has 4 rings (SSSR count). The summed E-state index contributed by atoms with van der Waals surface area (Å²) in [5.41, 5.74) is 4.22. The first-order valence-electron chi connectivity index (χ1n) is 9.45. The minimum Gasteiger partial charge on any atom is -0.347 e. The number of amides is 1. The van der Waals surface area contributed by atoms with Gasteiger partial charge in [-0.05, 0) is 67.1 Å². The van der Waals surface area contributed by atoms with Crippen molar-refractivity contribution in [2.24, 2.45) is 0 Å². The molecule has 4 aromatic rings. The molecule has 3 aromatic carbocycles. The zero-order valence-electron chi connectivity index (χ0n) is 16.3. The van der Waals surface area contributed by atoms with Crippen LogP contribution < -0.4 is 5.32 Å². The largest absolute Gasteiger partial charge is 0.347 e. The number of carbonyl (C=O) groups is 1. The Morgan fingerprint density at radius 1 is 0.900 bits per heavy atom. The van der Waals surface area contributed by atoms with Gasteiger partial charge < -0.3 is 5.32 Å². The molecule has 0 unspecified atom stereocenters. The van der Waals surface area contributed by atoms with Crippen molar-refractivity contribution in [3.05, 3.63) is 107 Å². The molecule has 1 N–H and O–H groups in total. The Labute approximate surface area is 172 Å². The van der Waals surface area contributed by atoms with Crippen molar-refractivity contribution in [1.29, 1.82) is 0 Å². The molecule has 1 amide bonds. The molecule has 0 saturated carbocycles. The maximum Gasteiger partial charge on any atom is 0.270 e. The fourth-order valence-corrected chi connectivity index (χ4v) is 3.06. The van der Waals surface area contributed by atoms with E-state index in [0.717, 1.165) is 16.8 Å². The van der Waals surface area contributed by atoms with Gasteiger partial charge >= 0.3 is 0 Å². The lowest BCUT2D eigenvalue weighted by Crippen LogP contribution is -2.25. The van der Waals surface area contributed by atoms with Gasteiger partial charge in [0.15, 0.2) is 0 Å². The van der Waals surface area contributed by atoms with Gasteiger partial charge in [0.25, 0.3) is 5.91 Å². The lowest BCUT2D eigenvalue weighted by molar-refractivity contribution is 0.0943. The molecule has 0 saturated heterocycles. The molecule has 6 heteroatoms. The summed E-state index contributed by atoms with van der Waals surface area (Å²) in [5.74, 6) is -0.985. The quantitative estimate of drug-likeness (QED) is 0.507. The van der Waals surface area contributed by atoms with Gasteiger partial charge in [0.1, 0.15) is 17.3 Å². The van der Waals surface area contributed by atoms with E-state index < -0.39 is 0 Å². The average molecular weight is 403 g/mol. The van der Waals surface area contributed by atoms with E-state index in [1.165, 1.54) is 24.3 Å². The lowest BCUT2D eigenvalue weighted by Gasteiger charge is -2.09. The molecule has 30 heavy (non-hydrogen) atoms. The zero-order valence-corrected chi connectivity index (χ0v) is 16.3. The van der Waals surface area contributed by atoms with Crippen molar-refractivity contribution in [2.45, 2.75) is 13.5 Å². The van der Waals surface area contributed by atoms with E-state index in [0.29, 0.717) is 17.0 Å². The first kappa shape index (κ1) is 19.5. The van der Waals surface area contributed by atoms with Crippen molar-refractivity contribution in [3.8, 4) is 16.9 Å². The van der Waals surface area contributed by atoms with Gasteiger partial charge in [-0.3, -0.25) is 4.79 Å². The van der Waals surface area contributed by atoms with Gasteiger partial charge in [-0.15, -0.1) is 0 Å². The standard InChI is InChI=1S/C24H19F2N3O/c1-16-2-12-21(13-3-16)29-23(14-22(28-29)18-6-10-20(26)11-7-18)24(30)27-15-17-4-8-19(25)9-5-17/h2-14H,15H2,1H3,(H,27,30). The molecule has 0 atom stereocenters. The van der Waals surface area contributed by atoms with E-state index in [1.807, 2.05) is 31.2 Å². The predicted octanol–water partition coefficient (Wildman–Crippen LogP) is 5.06. The minimum absolute atomic E-state index is 0.254. The molecular formula is C24H19F2N3O. The van der Waals surface area contributed by atoms with E-state index in [9.17, 15) is 13.6 Å². The average Bonchev–Trinajstić information content (AvgIpc) is 3.20. The third-order valence-corrected chi connectivity index (χ3v) is 4.73. The number of nitrogens with zero attached hydrogens (tertiary/aromatic N) is 2. The summed E-state index contributed by atoms with van der Waals surface area (Å²) < 4.78 is 27.9. The number of benzene rings is 3. The zero-order chi connectivity index (χ0) is 21.1. The first-order valence-corrected chi connectivity index (χ1v) is 9.45. The van der Waals surface area contributed by atoms with Gasteiger partial charge in [0.05, 0.1) is 11.4 Å². The highest BCUT2D eigenvalue weighted by molar-refractivity contribution is 5.94. The number of aromatic nitrogens is 2. The van der Waals surface area contributed by atoms with Gasteiger partial charge in [-0.1, -0.05) is 29.8 Å². The van der Waals surface area contributed by atoms with Crippen LogP contribution in [0.1, 0.15) is 21.6 Å². The highest BCUT2D eigenvalue weighted by Gasteiger charge is 2.17. The smallest absolute Gasteiger partial charge is 0.270 e. The maximum atomic E-state index is 13.3. The number of aryl methyl sites for hydroxylation is 1. The summed E-state index contributed by atoms with van der Waals surface area (Å²) in [4.78, 5) is 12.9. The fraction of sp³-hybridized carbons (Fsp3) is 0.0833. The van der Waals surface area contributed by atoms with Crippen LogP contribution in [0.5, 0.6) is 0 Å². The molecule has 1 heterocycles. The van der Waals surface area contributed by atoms with Crippen LogP contribution in [0, 0.1) is 18.6 Å². The van der Waals surface area contributed by atoms with Crippen LogP contribution in [-0.2, 0) is 6.54 Å². The van der Waals surface area contributed by atoms with Crippen molar-refractivity contribution < 1.29 is 13.6 Å². The Balaban J connectivity index is 1.67. The molecule has 150 valence electrons. The fourth-order valence-electron chi connectivity index (χ4n) is 3.06. The Bertz CT molecular complexity index is 1160. The Morgan fingerprint density at radius 3 is 2.13 bits per heavy atom. The highest BCUT2D eigenvalue weighted by Crippen LogP contribution is 2.22. The number of hydrogen-bond acceptors (Lipinski definition) is 2. The molecule has 1 aromatic heterocycles. The van der Waals surface area contributed by atoms with Crippen molar-refractivity contribution >= 4 is 5.91 Å². The summed E-state index contributed by atoms with van der Waals surface area (Å²) in [5, 5.41) is 7.43. The topological polar surface area (TPSA) is 46.9 Å². The van der Waals surface area contributed by atoms with Crippen LogP contribution in [0.4, 0.5) is 8.78 Å². The van der Waals surface area contributed by atoms with Gasteiger partial charge in [0, 0.05) is 12.1 Å². The van der Waals surface area contributed by atoms with Crippen LogP contribution >= 0.6 is 0 Å². The third-order valence-electron chi connectivity index (χ3n) is 4.73. The summed E-state index contributed by atoms with van der Waals surface area (Å²) in [6.45, 7) is 2.23.